The number of hydrogen-bond acceptors (Lipinski definition) is 5. The third-order valence-corrected chi connectivity index (χ3v) is 3.56. The molecule has 1 aliphatic carbocycles. The zero-order valence-electron chi connectivity index (χ0n) is 12.1. The van der Waals surface area contributed by atoms with Gasteiger partial charge in [0.2, 0.25) is 5.89 Å². The number of anilines is 1. The molecule has 1 aliphatic rings. The van der Waals surface area contributed by atoms with Gasteiger partial charge in [0, 0.05) is 12.1 Å². The molecule has 1 fully saturated rings. The standard InChI is InChI=1S/C14H26N4O/c1-11(2)15-10-13-17-18-14(19-13)16-12-8-6-4-3-5-7-9-12/h11-12,15H,3-10H2,1-2H3,(H,16,18). The molecule has 0 saturated heterocycles. The van der Waals surface area contributed by atoms with Crippen molar-refractivity contribution in [3.63, 3.8) is 0 Å². The Kier molecular flexibility index (Phi) is 5.63. The molecule has 19 heavy (non-hydrogen) atoms. The average molecular weight is 266 g/mol. The number of hydrogen-bond donors (Lipinski definition) is 2. The molecule has 0 bridgehead atoms. The van der Waals surface area contributed by atoms with Crippen LogP contribution in [0, 0.1) is 0 Å². The van der Waals surface area contributed by atoms with E-state index < -0.39 is 0 Å². The van der Waals surface area contributed by atoms with Crippen LogP contribution in [0.1, 0.15) is 64.7 Å². The van der Waals surface area contributed by atoms with E-state index in [-0.39, 0.29) is 0 Å². The summed E-state index contributed by atoms with van der Waals surface area (Å²) in [5, 5.41) is 14.8. The molecule has 0 spiro atoms. The summed E-state index contributed by atoms with van der Waals surface area (Å²) in [6, 6.07) is 1.49. The second-order valence-corrected chi connectivity index (χ2v) is 5.72. The zero-order valence-corrected chi connectivity index (χ0v) is 12.1. The van der Waals surface area contributed by atoms with E-state index in [1.165, 1.54) is 44.9 Å². The monoisotopic (exact) mass is 266 g/mol. The SMILES string of the molecule is CC(C)NCc1nnc(NC2CCCCCCC2)o1. The molecule has 1 aromatic heterocycles. The second kappa shape index (κ2) is 7.48. The van der Waals surface area contributed by atoms with E-state index >= 15 is 0 Å². The van der Waals surface area contributed by atoms with Crippen molar-refractivity contribution in [1.82, 2.24) is 15.5 Å². The molecule has 0 radical (unpaired) electrons. The summed E-state index contributed by atoms with van der Waals surface area (Å²) in [7, 11) is 0. The maximum Gasteiger partial charge on any atom is 0.315 e. The molecule has 0 aromatic carbocycles. The smallest absolute Gasteiger partial charge is 0.315 e. The minimum atomic E-state index is 0.425. The van der Waals surface area contributed by atoms with Crippen LogP contribution in [-0.2, 0) is 6.54 Å². The molecule has 1 aromatic rings. The van der Waals surface area contributed by atoms with Crippen molar-refractivity contribution >= 4 is 6.01 Å². The molecule has 2 N–H and O–H groups in total. The van der Waals surface area contributed by atoms with Gasteiger partial charge in [0.15, 0.2) is 0 Å². The Balaban J connectivity index is 1.80. The van der Waals surface area contributed by atoms with Crippen molar-refractivity contribution in [2.24, 2.45) is 0 Å². The van der Waals surface area contributed by atoms with Crippen LogP contribution in [0.3, 0.4) is 0 Å². The van der Waals surface area contributed by atoms with Gasteiger partial charge in [0.25, 0.3) is 0 Å². The summed E-state index contributed by atoms with van der Waals surface area (Å²) in [5.41, 5.74) is 0. The summed E-state index contributed by atoms with van der Waals surface area (Å²) >= 11 is 0. The Morgan fingerprint density at radius 1 is 1.11 bits per heavy atom. The topological polar surface area (TPSA) is 63.0 Å². The first-order valence-electron chi connectivity index (χ1n) is 7.56. The third kappa shape index (κ3) is 5.19. The van der Waals surface area contributed by atoms with E-state index in [9.17, 15) is 0 Å². The minimum absolute atomic E-state index is 0.425. The normalized spacial score (nSPS) is 18.3. The number of rotatable bonds is 5. The highest BCUT2D eigenvalue weighted by molar-refractivity contribution is 5.19. The molecule has 0 amide bonds. The van der Waals surface area contributed by atoms with Crippen molar-refractivity contribution in [3.05, 3.63) is 5.89 Å². The maximum atomic E-state index is 5.61. The quantitative estimate of drug-likeness (QED) is 0.857. The lowest BCUT2D eigenvalue weighted by atomic mass is 9.97. The van der Waals surface area contributed by atoms with Crippen molar-refractivity contribution in [1.29, 1.82) is 0 Å². The van der Waals surface area contributed by atoms with Crippen LogP contribution < -0.4 is 10.6 Å². The summed E-state index contributed by atoms with van der Waals surface area (Å²) < 4.78 is 5.61. The first kappa shape index (κ1) is 14.3. The fourth-order valence-corrected chi connectivity index (χ4v) is 2.45. The van der Waals surface area contributed by atoms with Crippen molar-refractivity contribution in [3.8, 4) is 0 Å². The lowest BCUT2D eigenvalue weighted by Gasteiger charge is -2.19. The summed E-state index contributed by atoms with van der Waals surface area (Å²) in [6.07, 6.45) is 9.11. The lowest BCUT2D eigenvalue weighted by molar-refractivity contribution is 0.436. The molecule has 1 saturated carbocycles. The molecule has 5 nitrogen and oxygen atoms in total. The number of nitrogens with one attached hydrogen (secondary N) is 2. The van der Waals surface area contributed by atoms with E-state index in [1.807, 2.05) is 0 Å². The van der Waals surface area contributed by atoms with Crippen LogP contribution in [0.5, 0.6) is 0 Å². The Morgan fingerprint density at radius 2 is 1.79 bits per heavy atom. The first-order valence-corrected chi connectivity index (χ1v) is 7.56. The van der Waals surface area contributed by atoms with Gasteiger partial charge in [-0.3, -0.25) is 0 Å². The highest BCUT2D eigenvalue weighted by Gasteiger charge is 2.14. The van der Waals surface area contributed by atoms with Crippen LogP contribution >= 0.6 is 0 Å². The van der Waals surface area contributed by atoms with Gasteiger partial charge in [-0.15, -0.1) is 5.10 Å². The van der Waals surface area contributed by atoms with Gasteiger partial charge in [0.1, 0.15) is 0 Å². The predicted octanol–water partition coefficient (Wildman–Crippen LogP) is 3.09. The van der Waals surface area contributed by atoms with Gasteiger partial charge < -0.3 is 15.1 Å². The van der Waals surface area contributed by atoms with E-state index in [0.29, 0.717) is 30.5 Å². The van der Waals surface area contributed by atoms with Crippen LogP contribution in [0.25, 0.3) is 0 Å². The van der Waals surface area contributed by atoms with Crippen LogP contribution in [0.15, 0.2) is 4.42 Å². The molecule has 0 unspecified atom stereocenters. The van der Waals surface area contributed by atoms with Gasteiger partial charge in [-0.05, 0) is 12.8 Å². The first-order chi connectivity index (χ1) is 9.24. The molecule has 5 heteroatoms. The predicted molar refractivity (Wildman–Crippen MR) is 76.0 cm³/mol. The zero-order chi connectivity index (χ0) is 13.5. The molecule has 2 rings (SSSR count). The fourth-order valence-electron chi connectivity index (χ4n) is 2.45. The van der Waals surface area contributed by atoms with E-state index in [4.69, 9.17) is 4.42 Å². The molecule has 0 aliphatic heterocycles. The van der Waals surface area contributed by atoms with E-state index in [2.05, 4.69) is 34.7 Å². The maximum absolute atomic E-state index is 5.61. The molecular formula is C14H26N4O. The van der Waals surface area contributed by atoms with Crippen LogP contribution in [0.4, 0.5) is 6.01 Å². The number of nitrogens with zero attached hydrogens (tertiary/aromatic N) is 2. The van der Waals surface area contributed by atoms with Crippen LogP contribution in [0.2, 0.25) is 0 Å². The van der Waals surface area contributed by atoms with E-state index in [0.717, 1.165) is 0 Å². The van der Waals surface area contributed by atoms with Gasteiger partial charge in [-0.25, -0.2) is 0 Å². The Bertz CT molecular complexity index is 356. The highest BCUT2D eigenvalue weighted by Crippen LogP contribution is 2.20. The average Bonchev–Trinajstić information content (AvgIpc) is 2.77. The number of aromatic nitrogens is 2. The largest absolute Gasteiger partial charge is 0.407 e. The molecule has 1 heterocycles. The fraction of sp³-hybridized carbons (Fsp3) is 0.857. The van der Waals surface area contributed by atoms with E-state index in [1.54, 1.807) is 0 Å². The Labute approximate surface area is 115 Å². The lowest BCUT2D eigenvalue weighted by Crippen LogP contribution is -2.22. The third-order valence-electron chi connectivity index (χ3n) is 3.56. The van der Waals surface area contributed by atoms with Crippen molar-refractivity contribution in [2.45, 2.75) is 77.4 Å². The van der Waals surface area contributed by atoms with Gasteiger partial charge in [-0.1, -0.05) is 51.1 Å². The summed E-state index contributed by atoms with van der Waals surface area (Å²) in [4.78, 5) is 0. The highest BCUT2D eigenvalue weighted by atomic mass is 16.4. The molecule has 108 valence electrons. The Hall–Kier alpha value is -1.10. The minimum Gasteiger partial charge on any atom is -0.407 e. The van der Waals surface area contributed by atoms with Gasteiger partial charge in [0.05, 0.1) is 6.54 Å². The molecular weight excluding hydrogens is 240 g/mol. The van der Waals surface area contributed by atoms with Gasteiger partial charge in [-0.2, -0.15) is 0 Å². The Morgan fingerprint density at radius 3 is 2.47 bits per heavy atom. The van der Waals surface area contributed by atoms with Gasteiger partial charge >= 0.3 is 6.01 Å². The molecule has 0 atom stereocenters. The van der Waals surface area contributed by atoms with Crippen molar-refractivity contribution in [2.75, 3.05) is 5.32 Å². The summed E-state index contributed by atoms with van der Waals surface area (Å²) in [5.74, 6) is 0.655. The second-order valence-electron chi connectivity index (χ2n) is 5.72. The summed E-state index contributed by atoms with van der Waals surface area (Å²) in [6.45, 7) is 4.84. The van der Waals surface area contributed by atoms with Crippen LogP contribution in [-0.4, -0.2) is 22.3 Å². The van der Waals surface area contributed by atoms with Crippen molar-refractivity contribution < 1.29 is 4.42 Å².